The van der Waals surface area contributed by atoms with E-state index >= 15 is 0 Å². The molecule has 5 nitrogen and oxygen atoms in total. The number of hydrogen-bond donors (Lipinski definition) is 4. The number of piperidine rings is 1. The van der Waals surface area contributed by atoms with Crippen LogP contribution in [0.25, 0.3) is 0 Å². The number of ether oxygens (including phenoxy) is 1. The summed E-state index contributed by atoms with van der Waals surface area (Å²) in [6.07, 6.45) is 23.0. The van der Waals surface area contributed by atoms with E-state index in [4.69, 9.17) is 16.2 Å². The Labute approximate surface area is 292 Å². The second-order valence-electron chi connectivity index (χ2n) is 22.0. The van der Waals surface area contributed by atoms with Gasteiger partial charge in [0.1, 0.15) is 11.7 Å². The summed E-state index contributed by atoms with van der Waals surface area (Å²) in [5, 5.41) is 13.5. The van der Waals surface area contributed by atoms with Gasteiger partial charge in [-0.1, -0.05) is 26.7 Å². The third kappa shape index (κ3) is 4.27. The fraction of sp³-hybridized carbons (Fsp3) is 1.00. The lowest BCUT2D eigenvalue weighted by Crippen LogP contribution is -2.95. The number of rotatable bonds is 4. The van der Waals surface area contributed by atoms with E-state index in [9.17, 15) is 5.11 Å². The first kappa shape index (κ1) is 32.5. The van der Waals surface area contributed by atoms with Crippen molar-refractivity contribution in [2.45, 2.75) is 153 Å². The average Bonchev–Trinajstić information content (AvgIpc) is 3.41. The minimum atomic E-state index is -0.148. The van der Waals surface area contributed by atoms with E-state index in [-0.39, 0.29) is 16.7 Å². The van der Waals surface area contributed by atoms with Crippen molar-refractivity contribution in [3.8, 4) is 0 Å². The fourth-order valence-electron chi connectivity index (χ4n) is 19.0. The Morgan fingerprint density at radius 2 is 1.65 bits per heavy atom. The largest absolute Gasteiger partial charge is 0.396 e. The molecular weight excluding hydrogens is 590 g/mol. The highest BCUT2D eigenvalue weighted by molar-refractivity contribution is 5.28. The zero-order chi connectivity index (χ0) is 33.0. The average molecular weight is 664 g/mol. The molecule has 0 aromatic rings. The number of fused-ring (bicyclic) bond motifs is 1. The number of aliphatic hydroxyl groups excluding tert-OH is 1. The van der Waals surface area contributed by atoms with Crippen LogP contribution in [0.15, 0.2) is 0 Å². The van der Waals surface area contributed by atoms with Crippen LogP contribution in [-0.4, -0.2) is 41.2 Å². The van der Waals surface area contributed by atoms with Crippen LogP contribution in [0, 0.1) is 100 Å². The van der Waals surface area contributed by atoms with Crippen LogP contribution in [0.3, 0.4) is 0 Å². The molecule has 11 fully saturated rings. The van der Waals surface area contributed by atoms with Crippen LogP contribution < -0.4 is 16.8 Å². The van der Waals surface area contributed by atoms with Gasteiger partial charge in [0.25, 0.3) is 0 Å². The van der Waals surface area contributed by atoms with Gasteiger partial charge in [0.15, 0.2) is 0 Å². The van der Waals surface area contributed by atoms with Gasteiger partial charge in [-0.2, -0.15) is 0 Å². The molecule has 11 aliphatic rings. The van der Waals surface area contributed by atoms with Crippen LogP contribution in [-0.2, 0) is 4.74 Å². The van der Waals surface area contributed by atoms with Gasteiger partial charge in [0, 0.05) is 30.6 Å². The van der Waals surface area contributed by atoms with E-state index in [1.165, 1.54) is 103 Å². The summed E-state index contributed by atoms with van der Waals surface area (Å²) < 4.78 is 8.02. The van der Waals surface area contributed by atoms with Crippen LogP contribution in [0.4, 0.5) is 0 Å². The van der Waals surface area contributed by atoms with Crippen molar-refractivity contribution in [3.63, 3.8) is 0 Å². The van der Waals surface area contributed by atoms with Crippen LogP contribution in [0.2, 0.25) is 0 Å². The van der Waals surface area contributed by atoms with E-state index in [0.29, 0.717) is 35.9 Å². The Morgan fingerprint density at radius 3 is 2.42 bits per heavy atom. The van der Waals surface area contributed by atoms with Crippen molar-refractivity contribution in [2.24, 2.45) is 106 Å². The van der Waals surface area contributed by atoms with Gasteiger partial charge in [0.2, 0.25) is 0 Å². The molecule has 2 spiro atoms. The summed E-state index contributed by atoms with van der Waals surface area (Å²) in [6, 6.07) is 0. The SMILES string of the molecule is CC(C)C[C@@H]1CC[C@@]2(C1)C[C@@H]1[C@H](C3CCC(N)[NH2+]C3)C3CCCC4CCC5C(C43)[C@@H]1[C@@H](C2)[C@]12C[C@]3([NH3+])[C@H](CO)CC[C@@H]([C@H]3C(C)(C)O1)[C@H]52. The van der Waals surface area contributed by atoms with Crippen LogP contribution in [0.5, 0.6) is 0 Å². The zero-order valence-corrected chi connectivity index (χ0v) is 31.3. The highest BCUT2D eigenvalue weighted by Gasteiger charge is 2.81. The predicted molar refractivity (Wildman–Crippen MR) is 189 cm³/mol. The molecule has 3 saturated heterocycles. The monoisotopic (exact) mass is 664 g/mol. The van der Waals surface area contributed by atoms with Crippen LogP contribution >= 0.6 is 0 Å². The Hall–Kier alpha value is -0.200. The molecule has 3 heterocycles. The van der Waals surface area contributed by atoms with E-state index in [2.05, 4.69) is 33.0 Å². The molecule has 11 rings (SSSR count). The van der Waals surface area contributed by atoms with Gasteiger partial charge in [-0.25, -0.2) is 0 Å². The molecule has 48 heavy (non-hydrogen) atoms. The first-order valence-electron chi connectivity index (χ1n) is 21.7. The quantitative estimate of drug-likeness (QED) is 0.315. The van der Waals surface area contributed by atoms with Crippen molar-refractivity contribution in [3.05, 3.63) is 0 Å². The second-order valence-corrected chi connectivity index (χ2v) is 22.0. The molecule has 270 valence electrons. The minimum absolute atomic E-state index is 0.0356. The maximum Gasteiger partial charge on any atom is 0.137 e. The lowest BCUT2D eigenvalue weighted by molar-refractivity contribution is -0.704. The molecule has 7 unspecified atom stereocenters. The van der Waals surface area contributed by atoms with Crippen molar-refractivity contribution >= 4 is 0 Å². The van der Waals surface area contributed by atoms with Crippen molar-refractivity contribution in [2.75, 3.05) is 13.2 Å². The molecule has 8 N–H and O–H groups in total. The molecule has 3 aliphatic heterocycles. The highest BCUT2D eigenvalue weighted by atomic mass is 16.5. The number of nitrogens with two attached hydrogens (primary N) is 2. The number of quaternary nitrogens is 2. The highest BCUT2D eigenvalue weighted by Crippen LogP contribution is 2.79. The Balaban J connectivity index is 1.15. The lowest BCUT2D eigenvalue weighted by atomic mass is 9.29. The van der Waals surface area contributed by atoms with Crippen molar-refractivity contribution in [1.29, 1.82) is 0 Å². The molecule has 0 aromatic carbocycles. The summed E-state index contributed by atoms with van der Waals surface area (Å²) in [4.78, 5) is 0. The third-order valence-corrected chi connectivity index (χ3v) is 19.3. The summed E-state index contributed by atoms with van der Waals surface area (Å²) in [5.41, 5.74) is 12.2. The molecular formula is C43H73N3O2+2. The summed E-state index contributed by atoms with van der Waals surface area (Å²) in [5.74, 6) is 13.0. The summed E-state index contributed by atoms with van der Waals surface area (Å²) in [6.45, 7) is 11.5. The Morgan fingerprint density at radius 1 is 0.833 bits per heavy atom. The maximum absolute atomic E-state index is 10.9. The fourth-order valence-corrected chi connectivity index (χ4v) is 19.0. The topological polar surface area (TPSA) is 99.7 Å². The minimum Gasteiger partial charge on any atom is -0.396 e. The number of aliphatic hydroxyl groups is 1. The van der Waals surface area contributed by atoms with Crippen LogP contribution in [0.1, 0.15) is 130 Å². The van der Waals surface area contributed by atoms with Gasteiger partial charge in [-0.05, 0) is 173 Å². The van der Waals surface area contributed by atoms with Crippen molar-refractivity contribution < 1.29 is 20.9 Å². The lowest BCUT2D eigenvalue weighted by Gasteiger charge is -2.80. The maximum atomic E-state index is 10.9. The van der Waals surface area contributed by atoms with Gasteiger partial charge in [-0.15, -0.1) is 0 Å². The molecule has 5 heteroatoms. The van der Waals surface area contributed by atoms with E-state index in [0.717, 1.165) is 83.4 Å². The van der Waals surface area contributed by atoms with Gasteiger partial charge < -0.3 is 20.9 Å². The van der Waals surface area contributed by atoms with Gasteiger partial charge >= 0.3 is 0 Å². The summed E-state index contributed by atoms with van der Waals surface area (Å²) in [7, 11) is 0. The van der Waals surface area contributed by atoms with E-state index < -0.39 is 0 Å². The molecule has 8 aliphatic carbocycles. The second kappa shape index (κ2) is 10.9. The molecule has 0 amide bonds. The first-order valence-corrected chi connectivity index (χ1v) is 21.7. The molecule has 0 aromatic heterocycles. The standard InChI is InChI=1S/C43H71N3O2/c1-23(2)16-24-14-15-41(17-24)18-31-34(26-9-13-33(44)46-20-26)28-7-5-6-25-8-11-29-37(35(25)28)36(31)32(19-41)43-22-42(45)27(21-47)10-12-30(38(29)43)39(42)40(3,4)48-43/h23-39,46-47H,5-22,44-45H2,1-4H3/p+2/t24-,25?,26?,27-,28?,29?,30+,31+,32+,33?,34+,35?,36-,37?,38-,39-,41+,42-,43-/m0/s1. The first-order chi connectivity index (χ1) is 23.0. The summed E-state index contributed by atoms with van der Waals surface area (Å²) >= 11 is 0. The Bertz CT molecular complexity index is 1260. The molecule has 19 atom stereocenters. The third-order valence-electron chi connectivity index (χ3n) is 19.3. The normalized spacial score (nSPS) is 60.5. The molecule has 0 radical (unpaired) electrons. The van der Waals surface area contributed by atoms with Gasteiger partial charge in [0.05, 0.1) is 24.4 Å². The van der Waals surface area contributed by atoms with Crippen molar-refractivity contribution in [1.82, 2.24) is 0 Å². The van der Waals surface area contributed by atoms with Gasteiger partial charge in [-0.3, -0.25) is 5.73 Å². The smallest absolute Gasteiger partial charge is 0.137 e. The Kier molecular flexibility index (Phi) is 7.38. The molecule has 8 saturated carbocycles. The zero-order valence-electron chi connectivity index (χ0n) is 31.3. The van der Waals surface area contributed by atoms with E-state index in [1.54, 1.807) is 0 Å². The molecule has 4 bridgehead atoms. The predicted octanol–water partition coefficient (Wildman–Crippen LogP) is 5.60. The number of hydrogen-bond acceptors (Lipinski definition) is 3. The van der Waals surface area contributed by atoms with E-state index in [1.807, 2.05) is 0 Å².